The fourth-order valence-electron chi connectivity index (χ4n) is 3.63. The third-order valence-electron chi connectivity index (χ3n) is 5.34. The van der Waals surface area contributed by atoms with Crippen LogP contribution in [0.5, 0.6) is 0 Å². The minimum atomic E-state index is 0.125. The number of nitrogens with zero attached hydrogens (tertiary/aromatic N) is 1. The number of amides is 1. The molecule has 0 N–H and O–H groups in total. The Kier molecular flexibility index (Phi) is 5.32. The number of benzene rings is 1. The van der Waals surface area contributed by atoms with Gasteiger partial charge in [0.1, 0.15) is 5.58 Å². The molecule has 4 nitrogen and oxygen atoms in total. The van der Waals surface area contributed by atoms with E-state index in [0.29, 0.717) is 19.5 Å². The lowest BCUT2D eigenvalue weighted by Gasteiger charge is -2.25. The third kappa shape index (κ3) is 4.09. The first-order valence-electron chi connectivity index (χ1n) is 9.49. The minimum Gasteiger partial charge on any atom is -0.464 e. The Hall–Kier alpha value is -2.11. The largest absolute Gasteiger partial charge is 0.464 e. The van der Waals surface area contributed by atoms with Gasteiger partial charge in [0.05, 0.1) is 25.3 Å². The molecule has 1 aliphatic heterocycles. The molecule has 4 rings (SSSR count). The second-order valence-corrected chi connectivity index (χ2v) is 8.39. The molecule has 0 radical (unpaired) electrons. The van der Waals surface area contributed by atoms with Crippen LogP contribution in [-0.2, 0) is 22.5 Å². The van der Waals surface area contributed by atoms with Gasteiger partial charge in [-0.15, -0.1) is 11.3 Å². The summed E-state index contributed by atoms with van der Waals surface area (Å²) in [5.74, 6) is 0.125. The van der Waals surface area contributed by atoms with Gasteiger partial charge in [-0.05, 0) is 61.4 Å². The molecule has 1 aliphatic rings. The van der Waals surface area contributed by atoms with E-state index in [9.17, 15) is 4.79 Å². The van der Waals surface area contributed by atoms with Crippen molar-refractivity contribution in [3.05, 3.63) is 57.5 Å². The Bertz CT molecular complexity index is 923. The van der Waals surface area contributed by atoms with E-state index in [1.54, 1.807) is 17.6 Å². The molecule has 0 aliphatic carbocycles. The van der Waals surface area contributed by atoms with E-state index in [1.807, 2.05) is 11.0 Å². The maximum atomic E-state index is 13.2. The van der Waals surface area contributed by atoms with E-state index in [4.69, 9.17) is 9.15 Å². The molecule has 0 bridgehead atoms. The highest BCUT2D eigenvalue weighted by Crippen LogP contribution is 2.26. The topological polar surface area (TPSA) is 42.7 Å². The standard InChI is InChI=1S/C22H25NO3S/c1-15-9-20-17(14-26-21(20)10-16(15)2)11-22(24)23(12-18-5-3-7-25-18)13-19-6-4-8-27-19/h4,6,8-10,14,18H,3,5,7,11-13H2,1-2H3. The molecule has 3 aromatic rings. The van der Waals surface area contributed by atoms with Crippen molar-refractivity contribution in [2.45, 2.75) is 45.8 Å². The molecule has 0 spiro atoms. The minimum absolute atomic E-state index is 0.125. The number of aryl methyl sites for hydroxylation is 2. The maximum Gasteiger partial charge on any atom is 0.227 e. The Morgan fingerprint density at radius 2 is 2.15 bits per heavy atom. The van der Waals surface area contributed by atoms with Gasteiger partial charge in [-0.3, -0.25) is 4.79 Å². The van der Waals surface area contributed by atoms with Crippen LogP contribution in [0.25, 0.3) is 11.0 Å². The summed E-state index contributed by atoms with van der Waals surface area (Å²) in [6.07, 6.45) is 4.35. The van der Waals surface area contributed by atoms with Crippen LogP contribution in [0, 0.1) is 13.8 Å². The second-order valence-electron chi connectivity index (χ2n) is 7.36. The van der Waals surface area contributed by atoms with Gasteiger partial charge in [0.2, 0.25) is 5.91 Å². The second kappa shape index (κ2) is 7.87. The average molecular weight is 384 g/mol. The van der Waals surface area contributed by atoms with Crippen LogP contribution < -0.4 is 0 Å². The number of carbonyl (C=O) groups excluding carboxylic acids is 1. The van der Waals surface area contributed by atoms with Crippen molar-refractivity contribution in [2.24, 2.45) is 0 Å². The highest BCUT2D eigenvalue weighted by Gasteiger charge is 2.24. The first-order valence-corrected chi connectivity index (χ1v) is 10.4. The van der Waals surface area contributed by atoms with E-state index in [1.165, 1.54) is 16.0 Å². The SMILES string of the molecule is Cc1cc2occ(CC(=O)N(Cc3cccs3)CC3CCCO3)c2cc1C. The first kappa shape index (κ1) is 18.3. The molecular weight excluding hydrogens is 358 g/mol. The normalized spacial score (nSPS) is 16.9. The third-order valence-corrected chi connectivity index (χ3v) is 6.20. The van der Waals surface area contributed by atoms with E-state index < -0.39 is 0 Å². The molecule has 0 saturated carbocycles. The lowest BCUT2D eigenvalue weighted by Crippen LogP contribution is -2.37. The number of hydrogen-bond donors (Lipinski definition) is 0. The number of fused-ring (bicyclic) bond motifs is 1. The molecule has 3 heterocycles. The lowest BCUT2D eigenvalue weighted by molar-refractivity contribution is -0.132. The highest BCUT2D eigenvalue weighted by molar-refractivity contribution is 7.09. The van der Waals surface area contributed by atoms with Gasteiger partial charge >= 0.3 is 0 Å². The summed E-state index contributed by atoms with van der Waals surface area (Å²) < 4.78 is 11.5. The van der Waals surface area contributed by atoms with Gasteiger partial charge in [-0.25, -0.2) is 0 Å². The smallest absolute Gasteiger partial charge is 0.227 e. The van der Waals surface area contributed by atoms with Crippen LogP contribution in [0.2, 0.25) is 0 Å². The van der Waals surface area contributed by atoms with Crippen molar-refractivity contribution in [2.75, 3.05) is 13.2 Å². The van der Waals surface area contributed by atoms with Gasteiger partial charge in [-0.2, -0.15) is 0 Å². The number of thiophene rings is 1. The Labute approximate surface area is 163 Å². The molecule has 2 aromatic heterocycles. The van der Waals surface area contributed by atoms with E-state index in [2.05, 4.69) is 37.4 Å². The summed E-state index contributed by atoms with van der Waals surface area (Å²) in [5.41, 5.74) is 4.23. The number of hydrogen-bond acceptors (Lipinski definition) is 4. The maximum absolute atomic E-state index is 13.2. The predicted octanol–water partition coefficient (Wildman–Crippen LogP) is 4.86. The van der Waals surface area contributed by atoms with Crippen LogP contribution in [0.3, 0.4) is 0 Å². The summed E-state index contributed by atoms with van der Waals surface area (Å²) >= 11 is 1.69. The molecule has 1 aromatic carbocycles. The molecule has 1 amide bonds. The lowest BCUT2D eigenvalue weighted by atomic mass is 10.0. The zero-order valence-electron chi connectivity index (χ0n) is 15.9. The zero-order chi connectivity index (χ0) is 18.8. The van der Waals surface area contributed by atoms with Crippen LogP contribution in [0.1, 0.15) is 34.4 Å². The average Bonchev–Trinajstić information content (AvgIpc) is 3.39. The van der Waals surface area contributed by atoms with Crippen molar-refractivity contribution in [3.8, 4) is 0 Å². The number of rotatable bonds is 6. The fourth-order valence-corrected chi connectivity index (χ4v) is 4.35. The summed E-state index contributed by atoms with van der Waals surface area (Å²) in [4.78, 5) is 16.3. The Morgan fingerprint density at radius 3 is 2.89 bits per heavy atom. The van der Waals surface area contributed by atoms with E-state index >= 15 is 0 Å². The van der Waals surface area contributed by atoms with Gasteiger partial charge in [0.15, 0.2) is 0 Å². The fraction of sp³-hybridized carbons (Fsp3) is 0.409. The zero-order valence-corrected chi connectivity index (χ0v) is 16.7. The Balaban J connectivity index is 1.54. The Morgan fingerprint density at radius 1 is 1.30 bits per heavy atom. The molecule has 1 saturated heterocycles. The number of carbonyl (C=O) groups is 1. The molecule has 27 heavy (non-hydrogen) atoms. The van der Waals surface area contributed by atoms with Crippen LogP contribution in [0.4, 0.5) is 0 Å². The quantitative estimate of drug-likeness (QED) is 0.610. The number of ether oxygens (including phenoxy) is 1. The summed E-state index contributed by atoms with van der Waals surface area (Å²) in [5, 5.41) is 3.10. The van der Waals surface area contributed by atoms with Crippen molar-refractivity contribution < 1.29 is 13.9 Å². The van der Waals surface area contributed by atoms with Crippen LogP contribution >= 0.6 is 11.3 Å². The molecule has 1 unspecified atom stereocenters. The number of furan rings is 1. The van der Waals surface area contributed by atoms with Crippen molar-refractivity contribution >= 4 is 28.2 Å². The van der Waals surface area contributed by atoms with Crippen LogP contribution in [0.15, 0.2) is 40.3 Å². The van der Waals surface area contributed by atoms with Gasteiger partial charge < -0.3 is 14.1 Å². The van der Waals surface area contributed by atoms with E-state index in [0.717, 1.165) is 36.0 Å². The summed E-state index contributed by atoms with van der Waals surface area (Å²) in [6.45, 7) is 6.27. The predicted molar refractivity (Wildman–Crippen MR) is 108 cm³/mol. The molecule has 1 fully saturated rings. The van der Waals surface area contributed by atoms with Crippen molar-refractivity contribution in [1.82, 2.24) is 4.90 Å². The van der Waals surface area contributed by atoms with Crippen molar-refractivity contribution in [3.63, 3.8) is 0 Å². The first-order chi connectivity index (χ1) is 13.1. The molecule has 142 valence electrons. The molecule has 5 heteroatoms. The summed E-state index contributed by atoms with van der Waals surface area (Å²) in [7, 11) is 0. The van der Waals surface area contributed by atoms with Crippen LogP contribution in [-0.4, -0.2) is 30.1 Å². The van der Waals surface area contributed by atoms with Crippen molar-refractivity contribution in [1.29, 1.82) is 0 Å². The monoisotopic (exact) mass is 383 g/mol. The van der Waals surface area contributed by atoms with Gasteiger partial charge in [0, 0.05) is 29.0 Å². The molecular formula is C22H25NO3S. The summed E-state index contributed by atoms with van der Waals surface area (Å²) in [6, 6.07) is 8.29. The highest BCUT2D eigenvalue weighted by atomic mass is 32.1. The molecule has 1 atom stereocenters. The van der Waals surface area contributed by atoms with E-state index in [-0.39, 0.29) is 12.0 Å². The van der Waals surface area contributed by atoms with Gasteiger partial charge in [-0.1, -0.05) is 6.07 Å². The van der Waals surface area contributed by atoms with Gasteiger partial charge in [0.25, 0.3) is 0 Å².